The topological polar surface area (TPSA) is 37.3 Å². The lowest BCUT2D eigenvalue weighted by atomic mass is 9.76. The second-order valence-corrected chi connectivity index (χ2v) is 8.77. The van der Waals surface area contributed by atoms with E-state index in [1.807, 2.05) is 11.8 Å². The molecule has 0 heterocycles. The van der Waals surface area contributed by atoms with E-state index in [1.165, 1.54) is 42.8 Å². The fourth-order valence-electron chi connectivity index (χ4n) is 4.92. The molecule has 3 heteroatoms. The van der Waals surface area contributed by atoms with Crippen LogP contribution in [0.25, 0.3) is 0 Å². The summed E-state index contributed by atoms with van der Waals surface area (Å²) in [5.74, 6) is 4.23. The lowest BCUT2D eigenvalue weighted by molar-refractivity contribution is -0.137. The van der Waals surface area contributed by atoms with Gasteiger partial charge in [-0.1, -0.05) is 30.4 Å². The van der Waals surface area contributed by atoms with E-state index in [0.717, 1.165) is 36.5 Å². The minimum Gasteiger partial charge on any atom is -0.481 e. The molecule has 1 aromatic rings. The third kappa shape index (κ3) is 5.37. The van der Waals surface area contributed by atoms with Gasteiger partial charge in [0.1, 0.15) is 0 Å². The number of carboxylic acid groups (broad SMARTS) is 1. The van der Waals surface area contributed by atoms with E-state index >= 15 is 0 Å². The van der Waals surface area contributed by atoms with Crippen LogP contribution in [0.15, 0.2) is 47.4 Å². The Morgan fingerprint density at radius 1 is 1.12 bits per heavy atom. The van der Waals surface area contributed by atoms with Crippen LogP contribution in [-0.4, -0.2) is 16.8 Å². The first-order valence-corrected chi connectivity index (χ1v) is 10.8. The largest absolute Gasteiger partial charge is 0.481 e. The Labute approximate surface area is 156 Å². The van der Waals surface area contributed by atoms with Crippen molar-refractivity contribution in [3.63, 3.8) is 0 Å². The number of unbranched alkanes of at least 4 members (excludes halogenated alkanes) is 1. The number of carbonyl (C=O) groups is 1. The summed E-state index contributed by atoms with van der Waals surface area (Å²) in [5.41, 5.74) is 0. The molecule has 2 fully saturated rings. The molecule has 0 unspecified atom stereocenters. The van der Waals surface area contributed by atoms with Gasteiger partial charge < -0.3 is 5.11 Å². The second-order valence-electron chi connectivity index (χ2n) is 7.60. The first-order chi connectivity index (χ1) is 12.2. The van der Waals surface area contributed by atoms with E-state index in [1.54, 1.807) is 0 Å². The molecule has 0 radical (unpaired) electrons. The van der Waals surface area contributed by atoms with Gasteiger partial charge >= 0.3 is 5.97 Å². The molecular formula is C22H30O2S. The molecule has 4 atom stereocenters. The average Bonchev–Trinajstić information content (AvgIpc) is 3.21. The summed E-state index contributed by atoms with van der Waals surface area (Å²) in [4.78, 5) is 11.9. The van der Waals surface area contributed by atoms with Crippen LogP contribution in [0.4, 0.5) is 0 Å². The van der Waals surface area contributed by atoms with Crippen molar-refractivity contribution in [3.8, 4) is 0 Å². The van der Waals surface area contributed by atoms with Crippen LogP contribution in [0.1, 0.15) is 51.4 Å². The highest BCUT2D eigenvalue weighted by Crippen LogP contribution is 2.55. The highest BCUT2D eigenvalue weighted by atomic mass is 32.2. The van der Waals surface area contributed by atoms with Crippen LogP contribution >= 0.6 is 11.8 Å². The number of fused-ring (bicyclic) bond motifs is 2. The second kappa shape index (κ2) is 9.47. The number of hydrogen-bond donors (Lipinski definition) is 1. The number of benzene rings is 1. The highest BCUT2D eigenvalue weighted by molar-refractivity contribution is 7.99. The molecule has 0 amide bonds. The average molecular weight is 359 g/mol. The van der Waals surface area contributed by atoms with E-state index in [0.29, 0.717) is 0 Å². The fraction of sp³-hybridized carbons (Fsp3) is 0.591. The van der Waals surface area contributed by atoms with Gasteiger partial charge in [0, 0.05) is 11.3 Å². The molecule has 0 spiro atoms. The summed E-state index contributed by atoms with van der Waals surface area (Å²) in [5, 5.41) is 8.69. The molecule has 3 rings (SSSR count). The number of hydrogen-bond acceptors (Lipinski definition) is 2. The first-order valence-electron chi connectivity index (χ1n) is 9.78. The molecule has 1 N–H and O–H groups in total. The van der Waals surface area contributed by atoms with Gasteiger partial charge in [-0.3, -0.25) is 4.79 Å². The van der Waals surface area contributed by atoms with Crippen LogP contribution in [-0.2, 0) is 4.79 Å². The molecule has 136 valence electrons. The molecule has 2 aliphatic rings. The van der Waals surface area contributed by atoms with Gasteiger partial charge in [0.25, 0.3) is 0 Å². The third-order valence-corrected chi connectivity index (χ3v) is 7.12. The van der Waals surface area contributed by atoms with Gasteiger partial charge in [-0.05, 0) is 86.5 Å². The highest BCUT2D eigenvalue weighted by Gasteiger charge is 2.46. The normalized spacial score (nSPS) is 28.0. The lowest BCUT2D eigenvalue weighted by Crippen LogP contribution is -2.22. The molecule has 2 saturated carbocycles. The Bertz CT molecular complexity index is 569. The lowest BCUT2D eigenvalue weighted by Gasteiger charge is -2.30. The van der Waals surface area contributed by atoms with Crippen molar-refractivity contribution in [1.29, 1.82) is 0 Å². The van der Waals surface area contributed by atoms with Gasteiger partial charge in [0.2, 0.25) is 0 Å². The quantitative estimate of drug-likeness (QED) is 0.315. The summed E-state index contributed by atoms with van der Waals surface area (Å²) in [6.45, 7) is 0. The summed E-state index contributed by atoms with van der Waals surface area (Å²) in [6.07, 6.45) is 13.4. The molecule has 2 bridgehead atoms. The van der Waals surface area contributed by atoms with E-state index in [2.05, 4.69) is 42.5 Å². The summed E-state index contributed by atoms with van der Waals surface area (Å²) in [6, 6.07) is 10.8. The van der Waals surface area contributed by atoms with Crippen molar-refractivity contribution in [3.05, 3.63) is 42.5 Å². The van der Waals surface area contributed by atoms with E-state index in [9.17, 15) is 4.79 Å². The van der Waals surface area contributed by atoms with Crippen LogP contribution < -0.4 is 0 Å². The molecule has 0 saturated heterocycles. The van der Waals surface area contributed by atoms with Crippen molar-refractivity contribution in [1.82, 2.24) is 0 Å². The Hall–Kier alpha value is -1.22. The van der Waals surface area contributed by atoms with E-state index < -0.39 is 5.97 Å². The van der Waals surface area contributed by atoms with Crippen molar-refractivity contribution >= 4 is 17.7 Å². The zero-order chi connectivity index (χ0) is 17.5. The monoisotopic (exact) mass is 358 g/mol. The van der Waals surface area contributed by atoms with E-state index in [-0.39, 0.29) is 6.42 Å². The summed E-state index contributed by atoms with van der Waals surface area (Å²) in [7, 11) is 0. The van der Waals surface area contributed by atoms with Gasteiger partial charge in [-0.15, -0.1) is 11.8 Å². The number of thioether (sulfide) groups is 1. The molecule has 2 aliphatic carbocycles. The van der Waals surface area contributed by atoms with Crippen LogP contribution in [0, 0.1) is 23.7 Å². The predicted octanol–water partition coefficient (Wildman–Crippen LogP) is 6.03. The van der Waals surface area contributed by atoms with Crippen LogP contribution in [0.3, 0.4) is 0 Å². The Morgan fingerprint density at radius 3 is 2.64 bits per heavy atom. The maximum absolute atomic E-state index is 10.5. The summed E-state index contributed by atoms with van der Waals surface area (Å²) < 4.78 is 0. The van der Waals surface area contributed by atoms with Gasteiger partial charge in [0.15, 0.2) is 0 Å². The molecule has 25 heavy (non-hydrogen) atoms. The van der Waals surface area contributed by atoms with Crippen molar-refractivity contribution in [2.24, 2.45) is 23.7 Å². The summed E-state index contributed by atoms with van der Waals surface area (Å²) >= 11 is 2.00. The van der Waals surface area contributed by atoms with Gasteiger partial charge in [0.05, 0.1) is 0 Å². The number of aliphatic carboxylic acids is 1. The first kappa shape index (κ1) is 18.6. The maximum atomic E-state index is 10.5. The molecule has 0 aliphatic heterocycles. The molecule has 1 aromatic carbocycles. The van der Waals surface area contributed by atoms with Gasteiger partial charge in [-0.2, -0.15) is 0 Å². The van der Waals surface area contributed by atoms with Gasteiger partial charge in [-0.25, -0.2) is 0 Å². The zero-order valence-corrected chi connectivity index (χ0v) is 15.8. The van der Waals surface area contributed by atoms with Crippen molar-refractivity contribution in [2.75, 3.05) is 5.75 Å². The fourth-order valence-corrected chi connectivity index (χ4v) is 5.89. The van der Waals surface area contributed by atoms with Crippen molar-refractivity contribution in [2.45, 2.75) is 56.3 Å². The Balaban J connectivity index is 1.43. The molecule has 2 nitrogen and oxygen atoms in total. The minimum absolute atomic E-state index is 0.289. The molecule has 0 aromatic heterocycles. The number of rotatable bonds is 10. The standard InChI is InChI=1S/C22H30O2S/c23-22(24)11-7-2-1-6-10-20-17-12-13-18(16-17)21(20)14-15-25-19-8-4-3-5-9-19/h1,3-6,8-9,17-18,20-21H,2,7,10-16H2,(H,23,24)/b6-1-/t17-,18+,20-,21+/m0/s1. The zero-order valence-electron chi connectivity index (χ0n) is 15.0. The third-order valence-electron chi connectivity index (χ3n) is 6.07. The van der Waals surface area contributed by atoms with Crippen molar-refractivity contribution < 1.29 is 9.90 Å². The number of carboxylic acids is 1. The SMILES string of the molecule is O=C(O)CCC/C=C\C[C@H]1[C@H]2CC[C@H](C2)[C@H]1CCSc1ccccc1. The van der Waals surface area contributed by atoms with Crippen LogP contribution in [0.2, 0.25) is 0 Å². The predicted molar refractivity (Wildman–Crippen MR) is 105 cm³/mol. The van der Waals surface area contributed by atoms with Crippen LogP contribution in [0.5, 0.6) is 0 Å². The molecular weight excluding hydrogens is 328 g/mol. The Kier molecular flexibility index (Phi) is 7.03. The van der Waals surface area contributed by atoms with E-state index in [4.69, 9.17) is 5.11 Å². The minimum atomic E-state index is -0.683. The Morgan fingerprint density at radius 2 is 1.88 bits per heavy atom. The smallest absolute Gasteiger partial charge is 0.303 e. The number of allylic oxidation sites excluding steroid dienone is 2. The maximum Gasteiger partial charge on any atom is 0.303 e.